The van der Waals surface area contributed by atoms with Crippen molar-refractivity contribution in [3.63, 3.8) is 0 Å². The number of urea groups is 1. The first-order valence-corrected chi connectivity index (χ1v) is 6.58. The molecule has 0 unspecified atom stereocenters. The molecule has 0 fully saturated rings. The van der Waals surface area contributed by atoms with Gasteiger partial charge in [-0.1, -0.05) is 5.10 Å². The highest BCUT2D eigenvalue weighted by Crippen LogP contribution is 1.91. The number of carbonyl (C=O) groups is 1. The van der Waals surface area contributed by atoms with Gasteiger partial charge in [0.1, 0.15) is 0 Å². The van der Waals surface area contributed by atoms with E-state index in [1.165, 1.54) is 0 Å². The van der Waals surface area contributed by atoms with Gasteiger partial charge in [-0.05, 0) is 24.2 Å². The summed E-state index contributed by atoms with van der Waals surface area (Å²) >= 11 is 0. The molecule has 1 aromatic heterocycles. The molecule has 0 aliphatic heterocycles. The quantitative estimate of drug-likeness (QED) is 0.475. The number of aromatic nitrogens is 4. The molecule has 0 spiro atoms. The Hall–Kier alpha value is -1.64. The Labute approximate surface area is 87.5 Å². The molecule has 0 atom stereocenters. The summed E-state index contributed by atoms with van der Waals surface area (Å²) in [5.74, 6) is 0.122. The van der Waals surface area contributed by atoms with Crippen LogP contribution >= 0.6 is 0 Å². The molecular weight excluding hydrogens is 216 g/mol. The molecule has 0 aromatic carbocycles. The number of aromatic amines is 1. The van der Waals surface area contributed by atoms with Gasteiger partial charge in [-0.3, -0.25) is 5.32 Å². The van der Waals surface area contributed by atoms with Crippen LogP contribution in [0.15, 0.2) is 0 Å². The lowest BCUT2D eigenvalue weighted by molar-refractivity contribution is 0.252. The third kappa shape index (κ3) is 4.95. The van der Waals surface area contributed by atoms with Gasteiger partial charge < -0.3 is 9.78 Å². The molecule has 1 heterocycles. The highest BCUT2D eigenvalue weighted by atomic mass is 28.3. The number of hydrogen-bond donors (Lipinski definition) is 3. The van der Waals surface area contributed by atoms with Crippen LogP contribution < -0.4 is 10.6 Å². The van der Waals surface area contributed by atoms with E-state index in [2.05, 4.69) is 31.3 Å². The first-order valence-electron chi connectivity index (χ1n) is 4.46. The number of amides is 2. The Morgan fingerprint density at radius 1 is 1.60 bits per heavy atom. The summed E-state index contributed by atoms with van der Waals surface area (Å²) in [6.07, 6.45) is 0.702. The zero-order chi connectivity index (χ0) is 11.1. The number of carbonyl (C=O) groups excluding carboxylic acids is 1. The molecule has 2 amide bonds. The highest BCUT2D eigenvalue weighted by Gasteiger charge is 2.04. The molecule has 0 saturated carbocycles. The van der Waals surface area contributed by atoms with Crippen LogP contribution in [0.3, 0.4) is 0 Å². The Morgan fingerprint density at radius 2 is 2.40 bits per heavy atom. The average Bonchev–Trinajstić information content (AvgIpc) is 2.64. The summed E-state index contributed by atoms with van der Waals surface area (Å²) in [7, 11) is -1.44. The summed E-state index contributed by atoms with van der Waals surface area (Å²) in [5.41, 5.74) is 0. The van der Waals surface area contributed by atoms with Crippen LogP contribution in [0.5, 0.6) is 0 Å². The summed E-state index contributed by atoms with van der Waals surface area (Å²) in [5, 5.41) is 17.5. The minimum Gasteiger partial charge on any atom is -0.389 e. The predicted octanol–water partition coefficient (Wildman–Crippen LogP) is -0.237. The van der Waals surface area contributed by atoms with Gasteiger partial charge in [0, 0.05) is 6.54 Å². The maximum absolute atomic E-state index is 11.1. The lowest BCUT2D eigenvalue weighted by Crippen LogP contribution is -2.30. The zero-order valence-corrected chi connectivity index (χ0v) is 9.28. The van der Waals surface area contributed by atoms with Crippen LogP contribution in [-0.4, -0.2) is 41.9 Å². The summed E-state index contributed by atoms with van der Waals surface area (Å²) in [4.78, 5) is 11.1. The smallest absolute Gasteiger partial charge is 0.321 e. The van der Waals surface area contributed by atoms with Gasteiger partial charge >= 0.3 is 6.03 Å². The zero-order valence-electron chi connectivity index (χ0n) is 8.28. The Kier molecular flexibility index (Phi) is 4.54. The van der Waals surface area contributed by atoms with Gasteiger partial charge in [-0.2, -0.15) is 5.21 Å². The normalized spacial score (nSPS) is 9.67. The van der Waals surface area contributed by atoms with E-state index in [1.807, 2.05) is 0 Å². The van der Waals surface area contributed by atoms with Crippen LogP contribution in [-0.2, 0) is 4.46 Å². The third-order valence-electron chi connectivity index (χ3n) is 1.56. The van der Waals surface area contributed by atoms with E-state index in [1.54, 1.807) is 6.55 Å². The molecule has 8 nitrogen and oxygen atoms in total. The molecular formula is C6H12N6O2Si. The Morgan fingerprint density at radius 3 is 3.00 bits per heavy atom. The molecule has 1 rings (SSSR count). The molecule has 0 bridgehead atoms. The fourth-order valence-electron chi connectivity index (χ4n) is 0.900. The number of tetrazole rings is 1. The fraction of sp³-hybridized carbons (Fsp3) is 0.667. The largest absolute Gasteiger partial charge is 0.389 e. The topological polar surface area (TPSA) is 113 Å². The lowest BCUT2D eigenvalue weighted by atomic mass is 10.5. The minimum atomic E-state index is -1.44. The molecule has 9 heteroatoms. The van der Waals surface area contributed by atoms with Gasteiger partial charge in [0.15, 0.2) is 0 Å². The van der Waals surface area contributed by atoms with Crippen molar-refractivity contribution in [2.24, 2.45) is 0 Å². The number of H-pyrrole nitrogens is 1. The minimum absolute atomic E-state index is 0.122. The van der Waals surface area contributed by atoms with Gasteiger partial charge in [0.2, 0.25) is 0 Å². The predicted molar refractivity (Wildman–Crippen MR) is 52.9 cm³/mol. The number of rotatable bonds is 5. The number of nitrogens with one attached hydrogen (secondary N) is 3. The van der Waals surface area contributed by atoms with Gasteiger partial charge in [-0.15, -0.1) is 5.10 Å². The van der Waals surface area contributed by atoms with E-state index >= 15 is 0 Å². The first kappa shape index (κ1) is 11.4. The monoisotopic (exact) mass is 228 g/mol. The maximum Gasteiger partial charge on any atom is 0.321 e. The molecule has 0 saturated heterocycles. The van der Waals surface area contributed by atoms with Crippen LogP contribution in [0.1, 0.15) is 6.42 Å². The van der Waals surface area contributed by atoms with Gasteiger partial charge in [-0.25, -0.2) is 4.79 Å². The van der Waals surface area contributed by atoms with Crippen LogP contribution in [0.2, 0.25) is 12.6 Å². The molecule has 0 aliphatic carbocycles. The molecule has 1 aromatic rings. The van der Waals surface area contributed by atoms with Gasteiger partial charge in [0.25, 0.3) is 14.6 Å². The lowest BCUT2D eigenvalue weighted by Gasteiger charge is -2.02. The molecule has 15 heavy (non-hydrogen) atoms. The van der Waals surface area contributed by atoms with Crippen molar-refractivity contribution in [1.82, 2.24) is 25.9 Å². The molecule has 0 radical (unpaired) electrons. The summed E-state index contributed by atoms with van der Waals surface area (Å²) in [6.45, 7) is 2.18. The third-order valence-corrected chi connectivity index (χ3v) is 2.62. The molecule has 3 N–H and O–H groups in total. The van der Waals surface area contributed by atoms with E-state index in [0.717, 1.165) is 0 Å². The van der Waals surface area contributed by atoms with Crippen LogP contribution in [0.4, 0.5) is 10.7 Å². The van der Waals surface area contributed by atoms with Crippen molar-refractivity contribution >= 4 is 20.7 Å². The number of anilines is 1. The number of nitrogens with zero attached hydrogens (tertiary/aromatic N) is 3. The SMILES string of the molecule is C[Si](=O)CCCNC(=O)Nc1nn[nH]n1. The van der Waals surface area contributed by atoms with Crippen molar-refractivity contribution < 1.29 is 9.26 Å². The Bertz CT molecular complexity index is 326. The van der Waals surface area contributed by atoms with E-state index in [0.29, 0.717) is 19.0 Å². The second kappa shape index (κ2) is 5.96. The summed E-state index contributed by atoms with van der Waals surface area (Å²) < 4.78 is 10.8. The number of hydrogen-bond acceptors (Lipinski definition) is 5. The van der Waals surface area contributed by atoms with Crippen molar-refractivity contribution in [3.05, 3.63) is 0 Å². The van der Waals surface area contributed by atoms with Crippen molar-refractivity contribution in [2.75, 3.05) is 11.9 Å². The van der Waals surface area contributed by atoms with Gasteiger partial charge in [0.05, 0.1) is 0 Å². The van der Waals surface area contributed by atoms with E-state index in [4.69, 9.17) is 0 Å². The molecule has 82 valence electrons. The van der Waals surface area contributed by atoms with E-state index in [9.17, 15) is 9.26 Å². The highest BCUT2D eigenvalue weighted by molar-refractivity contribution is 6.40. The van der Waals surface area contributed by atoms with E-state index in [-0.39, 0.29) is 5.95 Å². The second-order valence-corrected chi connectivity index (χ2v) is 4.83. The van der Waals surface area contributed by atoms with Crippen molar-refractivity contribution in [1.29, 1.82) is 0 Å². The van der Waals surface area contributed by atoms with Crippen LogP contribution in [0.25, 0.3) is 0 Å². The van der Waals surface area contributed by atoms with Crippen LogP contribution in [0, 0.1) is 0 Å². The standard InChI is InChI=1S/C6H12N6O2Si/c1-15(14)4-2-3-7-6(13)8-5-9-11-12-10-5/h2-4H2,1H3,(H3,7,8,9,10,11,12,13). The Balaban J connectivity index is 2.11. The molecule has 0 aliphatic rings. The second-order valence-electron chi connectivity index (χ2n) is 2.92. The first-order chi connectivity index (χ1) is 7.18. The van der Waals surface area contributed by atoms with Crippen molar-refractivity contribution in [2.45, 2.75) is 19.0 Å². The van der Waals surface area contributed by atoms with E-state index < -0.39 is 14.7 Å². The van der Waals surface area contributed by atoms with Crippen molar-refractivity contribution in [3.8, 4) is 0 Å². The fourth-order valence-corrected chi connectivity index (χ4v) is 1.57. The average molecular weight is 228 g/mol. The summed E-state index contributed by atoms with van der Waals surface area (Å²) in [6, 6.07) is 0.250. The maximum atomic E-state index is 11.1.